The normalized spacial score (nSPS) is 11.7. The van der Waals surface area contributed by atoms with E-state index in [9.17, 15) is 24.3 Å². The van der Waals surface area contributed by atoms with Gasteiger partial charge < -0.3 is 15.2 Å². The van der Waals surface area contributed by atoms with Crippen molar-refractivity contribution in [2.45, 2.75) is 13.0 Å². The van der Waals surface area contributed by atoms with Crippen molar-refractivity contribution in [1.29, 1.82) is 0 Å². The average molecular weight is 317 g/mol. The van der Waals surface area contributed by atoms with Crippen LogP contribution in [0.2, 0.25) is 0 Å². The molecule has 0 unspecified atom stereocenters. The number of rotatable bonds is 3. The Morgan fingerprint density at radius 1 is 1.22 bits per heavy atom. The summed E-state index contributed by atoms with van der Waals surface area (Å²) in [6.07, 6.45) is 0. The van der Waals surface area contributed by atoms with Crippen LogP contribution in [0.1, 0.15) is 23.5 Å². The monoisotopic (exact) mass is 317 g/mol. The highest BCUT2D eigenvalue weighted by molar-refractivity contribution is 6.00. The van der Waals surface area contributed by atoms with Gasteiger partial charge in [-0.1, -0.05) is 18.2 Å². The molecule has 120 valence electrons. The van der Waals surface area contributed by atoms with E-state index in [1.807, 2.05) is 5.32 Å². The molecule has 1 aromatic heterocycles. The number of nitrogens with zero attached hydrogens (tertiary/aromatic N) is 2. The van der Waals surface area contributed by atoms with Gasteiger partial charge >= 0.3 is 6.03 Å². The van der Waals surface area contributed by atoms with E-state index in [2.05, 4.69) is 10.4 Å². The Labute approximate surface area is 129 Å². The number of hydrogen-bond donors (Lipinski definition) is 2. The molecule has 0 aliphatic carbocycles. The van der Waals surface area contributed by atoms with Crippen molar-refractivity contribution in [2.75, 3.05) is 7.05 Å². The van der Waals surface area contributed by atoms with E-state index < -0.39 is 35.2 Å². The molecule has 0 aliphatic rings. The van der Waals surface area contributed by atoms with Gasteiger partial charge in [0, 0.05) is 12.4 Å². The van der Waals surface area contributed by atoms with Crippen molar-refractivity contribution in [3.05, 3.63) is 40.3 Å². The number of imide groups is 1. The molecule has 0 fully saturated rings. The third-order valence-electron chi connectivity index (χ3n) is 3.23. The van der Waals surface area contributed by atoms with Gasteiger partial charge in [-0.05, 0) is 13.0 Å². The van der Waals surface area contributed by atoms with Crippen LogP contribution in [-0.2, 0) is 4.79 Å². The predicted octanol–water partition coefficient (Wildman–Crippen LogP) is -1.22. The van der Waals surface area contributed by atoms with Crippen molar-refractivity contribution in [3.8, 4) is 0 Å². The maximum Gasteiger partial charge on any atom is 0.321 e. The third-order valence-corrected chi connectivity index (χ3v) is 3.23. The fraction of sp³-hybridized carbons (Fsp3) is 0.214. The number of hydrogen-bond acceptors (Lipinski definition) is 6. The summed E-state index contributed by atoms with van der Waals surface area (Å²) in [4.78, 5) is 46.8. The molecule has 1 atom stereocenters. The first kappa shape index (κ1) is 16.1. The van der Waals surface area contributed by atoms with Crippen LogP contribution in [-0.4, -0.2) is 34.7 Å². The molecule has 3 amide bonds. The van der Waals surface area contributed by atoms with Crippen LogP contribution in [0.25, 0.3) is 10.8 Å². The lowest BCUT2D eigenvalue weighted by Crippen LogP contribution is -2.44. The average Bonchev–Trinajstić information content (AvgIpc) is 2.54. The van der Waals surface area contributed by atoms with E-state index in [1.165, 1.54) is 26.1 Å². The number of carbonyl (C=O) groups is 3. The Kier molecular flexibility index (Phi) is 4.39. The number of fused-ring (bicyclic) bond motifs is 1. The second-order valence-electron chi connectivity index (χ2n) is 4.68. The molecule has 0 spiro atoms. The molecular weight excluding hydrogens is 304 g/mol. The van der Waals surface area contributed by atoms with E-state index in [4.69, 9.17) is 0 Å². The number of urea groups is 1. The van der Waals surface area contributed by atoms with Crippen molar-refractivity contribution in [2.24, 2.45) is 0 Å². The minimum Gasteiger partial charge on any atom is -0.543 e. The van der Waals surface area contributed by atoms with Crippen LogP contribution in [0.3, 0.4) is 0 Å². The SMILES string of the molecule is CNC(=O)NC(=O)[C@@H](C)n1nc(C(=O)[O-])c2ccccc2c1=O. The summed E-state index contributed by atoms with van der Waals surface area (Å²) in [6.45, 7) is 1.32. The molecule has 2 aromatic rings. The van der Waals surface area contributed by atoms with Crippen molar-refractivity contribution in [1.82, 2.24) is 20.4 Å². The van der Waals surface area contributed by atoms with Crippen LogP contribution >= 0.6 is 0 Å². The third kappa shape index (κ3) is 3.03. The Morgan fingerprint density at radius 2 is 1.83 bits per heavy atom. The number of benzene rings is 1. The van der Waals surface area contributed by atoms with Crippen molar-refractivity contribution in [3.63, 3.8) is 0 Å². The van der Waals surface area contributed by atoms with Gasteiger partial charge in [0.05, 0.1) is 11.4 Å². The Hall–Kier alpha value is -3.23. The zero-order valence-corrected chi connectivity index (χ0v) is 12.3. The van der Waals surface area contributed by atoms with Gasteiger partial charge in [-0.3, -0.25) is 14.9 Å². The fourth-order valence-electron chi connectivity index (χ4n) is 2.01. The van der Waals surface area contributed by atoms with Gasteiger partial charge in [-0.25, -0.2) is 9.48 Å². The smallest absolute Gasteiger partial charge is 0.321 e. The van der Waals surface area contributed by atoms with Gasteiger partial charge in [-0.15, -0.1) is 0 Å². The van der Waals surface area contributed by atoms with E-state index in [0.717, 1.165) is 0 Å². The topological polar surface area (TPSA) is 133 Å². The highest BCUT2D eigenvalue weighted by atomic mass is 16.4. The Balaban J connectivity index is 2.59. The molecule has 0 bridgehead atoms. The summed E-state index contributed by atoms with van der Waals surface area (Å²) >= 11 is 0. The molecule has 0 aliphatic heterocycles. The molecular formula is C14H13N4O5-. The fourth-order valence-corrected chi connectivity index (χ4v) is 2.01. The Bertz CT molecular complexity index is 858. The van der Waals surface area contributed by atoms with E-state index in [0.29, 0.717) is 4.68 Å². The first-order valence-electron chi connectivity index (χ1n) is 6.62. The second-order valence-corrected chi connectivity index (χ2v) is 4.68. The molecule has 23 heavy (non-hydrogen) atoms. The van der Waals surface area contributed by atoms with Crippen LogP contribution in [0.5, 0.6) is 0 Å². The molecule has 0 saturated heterocycles. The summed E-state index contributed by atoms with van der Waals surface area (Å²) in [6, 6.07) is 4.02. The number of carbonyl (C=O) groups excluding carboxylic acids is 3. The molecule has 9 heteroatoms. The van der Waals surface area contributed by atoms with E-state index in [-0.39, 0.29) is 10.8 Å². The van der Waals surface area contributed by atoms with Gasteiger partial charge in [-0.2, -0.15) is 5.10 Å². The molecule has 0 radical (unpaired) electrons. The Morgan fingerprint density at radius 3 is 2.39 bits per heavy atom. The minimum absolute atomic E-state index is 0.0845. The van der Waals surface area contributed by atoms with Crippen LogP contribution in [0.4, 0.5) is 4.79 Å². The zero-order chi connectivity index (χ0) is 17.1. The second kappa shape index (κ2) is 6.26. The number of carboxylic acids is 1. The van der Waals surface area contributed by atoms with Gasteiger partial charge in [0.1, 0.15) is 11.7 Å². The van der Waals surface area contributed by atoms with Crippen LogP contribution < -0.4 is 21.3 Å². The molecule has 2 N–H and O–H groups in total. The van der Waals surface area contributed by atoms with Crippen LogP contribution in [0.15, 0.2) is 29.1 Å². The molecule has 1 aromatic carbocycles. The standard InChI is InChI=1S/C14H14N4O5/c1-7(11(19)16-14(23)15-2)18-12(20)9-6-4-3-5-8(9)10(17-18)13(21)22/h3-7H,1-2H3,(H,21,22)(H2,15,16,19,23)/p-1/t7-/m1/s1. The minimum atomic E-state index is -1.58. The summed E-state index contributed by atoms with van der Waals surface area (Å²) in [5, 5.41) is 19.3. The van der Waals surface area contributed by atoms with E-state index in [1.54, 1.807) is 12.1 Å². The predicted molar refractivity (Wildman–Crippen MR) is 77.6 cm³/mol. The lowest BCUT2D eigenvalue weighted by Gasteiger charge is -2.16. The largest absolute Gasteiger partial charge is 0.543 e. The summed E-state index contributed by atoms with van der Waals surface area (Å²) in [5.41, 5.74) is -1.11. The quantitative estimate of drug-likeness (QED) is 0.728. The van der Waals surface area contributed by atoms with Gasteiger partial charge in [0.2, 0.25) is 0 Å². The van der Waals surface area contributed by atoms with Crippen LogP contribution in [0, 0.1) is 0 Å². The number of aromatic carboxylic acids is 1. The highest BCUT2D eigenvalue weighted by Crippen LogP contribution is 2.14. The first-order chi connectivity index (χ1) is 10.9. The maximum atomic E-state index is 12.4. The summed E-state index contributed by atoms with van der Waals surface area (Å²) in [7, 11) is 1.32. The maximum absolute atomic E-state index is 12.4. The van der Waals surface area contributed by atoms with Gasteiger partial charge in [0.15, 0.2) is 0 Å². The number of aromatic nitrogens is 2. The van der Waals surface area contributed by atoms with Crippen molar-refractivity contribution < 1.29 is 19.5 Å². The number of nitrogens with one attached hydrogen (secondary N) is 2. The highest BCUT2D eigenvalue weighted by Gasteiger charge is 2.21. The molecule has 2 rings (SSSR count). The van der Waals surface area contributed by atoms with Crippen molar-refractivity contribution >= 4 is 28.7 Å². The van der Waals surface area contributed by atoms with E-state index >= 15 is 0 Å². The molecule has 9 nitrogen and oxygen atoms in total. The first-order valence-corrected chi connectivity index (χ1v) is 6.62. The lowest BCUT2D eigenvalue weighted by atomic mass is 10.1. The lowest BCUT2D eigenvalue weighted by molar-refractivity contribution is -0.255. The molecule has 1 heterocycles. The van der Waals surface area contributed by atoms with Gasteiger partial charge in [0.25, 0.3) is 11.5 Å². The summed E-state index contributed by atoms with van der Waals surface area (Å²) < 4.78 is 0.714. The number of carboxylic acid groups (broad SMARTS) is 1. The number of amides is 3. The zero-order valence-electron chi connectivity index (χ0n) is 12.3. The summed E-state index contributed by atoms with van der Waals surface area (Å²) in [5.74, 6) is -2.38. The molecule has 0 saturated carbocycles.